The molecule has 1 heterocycles. The molecular formula is C22H20N2O5. The molecule has 0 bridgehead atoms. The van der Waals surface area contributed by atoms with E-state index in [9.17, 15) is 14.4 Å². The largest absolute Gasteiger partial charge is 0.482 e. The summed E-state index contributed by atoms with van der Waals surface area (Å²) < 4.78 is 10.3. The molecule has 0 unspecified atom stereocenters. The summed E-state index contributed by atoms with van der Waals surface area (Å²) in [5.41, 5.74) is 2.30. The summed E-state index contributed by atoms with van der Waals surface area (Å²) in [4.78, 5) is 38.0. The van der Waals surface area contributed by atoms with E-state index >= 15 is 0 Å². The average molecular weight is 392 g/mol. The number of amides is 1. The number of carbonyl (C=O) groups is 3. The molecule has 0 aliphatic carbocycles. The molecule has 0 radical (unpaired) electrons. The zero-order valence-corrected chi connectivity index (χ0v) is 16.0. The van der Waals surface area contributed by atoms with Gasteiger partial charge >= 0.3 is 5.97 Å². The predicted molar refractivity (Wildman–Crippen MR) is 104 cm³/mol. The van der Waals surface area contributed by atoms with Crippen molar-refractivity contribution < 1.29 is 23.9 Å². The lowest BCUT2D eigenvalue weighted by Gasteiger charge is -2.30. The summed E-state index contributed by atoms with van der Waals surface area (Å²) in [6, 6.07) is 13.9. The van der Waals surface area contributed by atoms with Crippen molar-refractivity contribution in [3.05, 3.63) is 59.2 Å². The number of hydrogen-bond acceptors (Lipinski definition) is 6. The lowest BCUT2D eigenvalue weighted by Crippen LogP contribution is -2.38. The number of rotatable bonds is 7. The third-order valence-corrected chi connectivity index (χ3v) is 4.51. The number of nitriles is 1. The summed E-state index contributed by atoms with van der Waals surface area (Å²) in [6.45, 7) is 2.19. The van der Waals surface area contributed by atoms with Gasteiger partial charge in [0.2, 0.25) is 0 Å². The molecule has 0 spiro atoms. The number of Topliss-reactive ketones (excluding diaryl/α,β-unsaturated/α-hetero) is 1. The van der Waals surface area contributed by atoms with Gasteiger partial charge in [-0.15, -0.1) is 0 Å². The van der Waals surface area contributed by atoms with Gasteiger partial charge in [0.1, 0.15) is 5.75 Å². The van der Waals surface area contributed by atoms with E-state index in [2.05, 4.69) is 6.07 Å². The molecule has 1 aliphatic heterocycles. The van der Waals surface area contributed by atoms with Crippen LogP contribution in [0.25, 0.3) is 0 Å². The fraction of sp³-hybridized carbons (Fsp3) is 0.273. The van der Waals surface area contributed by atoms with Gasteiger partial charge in [0, 0.05) is 12.0 Å². The third-order valence-electron chi connectivity index (χ3n) is 4.51. The highest BCUT2D eigenvalue weighted by Crippen LogP contribution is 2.34. The van der Waals surface area contributed by atoms with Gasteiger partial charge in [-0.25, -0.2) is 0 Å². The molecule has 7 nitrogen and oxygen atoms in total. The maximum atomic E-state index is 12.5. The highest BCUT2D eigenvalue weighted by molar-refractivity contribution is 6.02. The van der Waals surface area contributed by atoms with Gasteiger partial charge in [0.25, 0.3) is 5.91 Å². The first-order chi connectivity index (χ1) is 14.0. The maximum absolute atomic E-state index is 12.5. The van der Waals surface area contributed by atoms with Gasteiger partial charge in [0.15, 0.2) is 12.4 Å². The second-order valence-electron chi connectivity index (χ2n) is 6.49. The van der Waals surface area contributed by atoms with E-state index in [4.69, 9.17) is 14.7 Å². The van der Waals surface area contributed by atoms with E-state index in [1.165, 1.54) is 0 Å². The van der Waals surface area contributed by atoms with Crippen LogP contribution in [-0.4, -0.2) is 30.9 Å². The van der Waals surface area contributed by atoms with Crippen LogP contribution < -0.4 is 9.64 Å². The number of anilines is 1. The van der Waals surface area contributed by atoms with Crippen molar-refractivity contribution in [2.45, 2.75) is 26.3 Å². The van der Waals surface area contributed by atoms with Crippen LogP contribution in [0.2, 0.25) is 0 Å². The molecule has 0 aromatic heterocycles. The van der Waals surface area contributed by atoms with E-state index < -0.39 is 5.97 Å². The molecule has 2 aromatic rings. The molecule has 0 N–H and O–H groups in total. The number of hydrogen-bond donors (Lipinski definition) is 0. The van der Waals surface area contributed by atoms with Crippen molar-refractivity contribution in [1.82, 2.24) is 0 Å². The molecule has 7 heteroatoms. The Bertz CT molecular complexity index is 976. The van der Waals surface area contributed by atoms with Crippen molar-refractivity contribution >= 4 is 23.3 Å². The van der Waals surface area contributed by atoms with Crippen molar-refractivity contribution in [3.63, 3.8) is 0 Å². The molecule has 3 rings (SSSR count). The minimum Gasteiger partial charge on any atom is -0.482 e. The van der Waals surface area contributed by atoms with Gasteiger partial charge < -0.3 is 14.4 Å². The SMILES string of the molecule is CCOC(=O)CCC(=O)c1ccc2c(c1)N(Cc1ccc(C#N)cc1)C(=O)CO2. The zero-order chi connectivity index (χ0) is 20.8. The summed E-state index contributed by atoms with van der Waals surface area (Å²) in [6.07, 6.45) is 0.0379. The minimum absolute atomic E-state index is 0.00808. The Morgan fingerprint density at radius 3 is 2.62 bits per heavy atom. The molecule has 0 saturated heterocycles. The first kappa shape index (κ1) is 20.1. The van der Waals surface area contributed by atoms with E-state index in [0.717, 1.165) is 5.56 Å². The Morgan fingerprint density at radius 1 is 1.17 bits per heavy atom. The van der Waals surface area contributed by atoms with Gasteiger partial charge in [-0.3, -0.25) is 14.4 Å². The number of esters is 1. The van der Waals surface area contributed by atoms with Crippen LogP contribution in [0.3, 0.4) is 0 Å². The van der Waals surface area contributed by atoms with Crippen molar-refractivity contribution in [3.8, 4) is 11.8 Å². The van der Waals surface area contributed by atoms with E-state index in [1.54, 1.807) is 54.3 Å². The normalized spacial score (nSPS) is 12.6. The number of nitrogens with zero attached hydrogens (tertiary/aromatic N) is 2. The van der Waals surface area contributed by atoms with Crippen LogP contribution >= 0.6 is 0 Å². The van der Waals surface area contributed by atoms with Gasteiger partial charge in [-0.2, -0.15) is 5.26 Å². The number of ketones is 1. The molecule has 1 amide bonds. The molecule has 29 heavy (non-hydrogen) atoms. The maximum Gasteiger partial charge on any atom is 0.306 e. The number of ether oxygens (including phenoxy) is 2. The van der Waals surface area contributed by atoms with E-state index in [0.29, 0.717) is 29.1 Å². The summed E-state index contributed by atoms with van der Waals surface area (Å²) in [5.74, 6) is -0.338. The number of benzene rings is 2. The second-order valence-corrected chi connectivity index (χ2v) is 6.49. The highest BCUT2D eigenvalue weighted by Gasteiger charge is 2.26. The second kappa shape index (κ2) is 9.02. The minimum atomic E-state index is -0.417. The molecule has 0 atom stereocenters. The summed E-state index contributed by atoms with van der Waals surface area (Å²) in [5, 5.41) is 8.92. The third kappa shape index (κ3) is 4.79. The molecule has 0 fully saturated rings. The lowest BCUT2D eigenvalue weighted by molar-refractivity contribution is -0.143. The van der Waals surface area contributed by atoms with E-state index in [1.807, 2.05) is 0 Å². The first-order valence-corrected chi connectivity index (χ1v) is 9.27. The van der Waals surface area contributed by atoms with Crippen LogP contribution in [0, 0.1) is 11.3 Å². The molecule has 1 aliphatic rings. The summed E-state index contributed by atoms with van der Waals surface area (Å²) in [7, 11) is 0. The molecule has 2 aromatic carbocycles. The monoisotopic (exact) mass is 392 g/mol. The predicted octanol–water partition coefficient (Wildman–Crippen LogP) is 3.01. The molecular weight excluding hydrogens is 372 g/mol. The summed E-state index contributed by atoms with van der Waals surface area (Å²) >= 11 is 0. The van der Waals surface area contributed by atoms with Crippen molar-refractivity contribution in [2.75, 3.05) is 18.1 Å². The van der Waals surface area contributed by atoms with Crippen molar-refractivity contribution in [1.29, 1.82) is 5.26 Å². The number of carbonyl (C=O) groups excluding carboxylic acids is 3. The van der Waals surface area contributed by atoms with Crippen LogP contribution in [-0.2, 0) is 20.9 Å². The Morgan fingerprint density at radius 2 is 1.93 bits per heavy atom. The Kier molecular flexibility index (Phi) is 6.25. The topological polar surface area (TPSA) is 96.7 Å². The Labute approximate surface area is 168 Å². The standard InChI is InChI=1S/C22H20N2O5/c1-2-28-22(27)10-8-19(25)17-7-9-20-18(11-17)24(21(26)14-29-20)13-16-5-3-15(12-23)4-6-16/h3-7,9,11H,2,8,10,13-14H2,1H3. The molecule has 0 saturated carbocycles. The van der Waals surface area contributed by atoms with Crippen LogP contribution in [0.5, 0.6) is 5.75 Å². The Balaban J connectivity index is 1.80. The van der Waals surface area contributed by atoms with Gasteiger partial charge in [0.05, 0.1) is 36.9 Å². The van der Waals surface area contributed by atoms with Gasteiger partial charge in [-0.05, 0) is 42.8 Å². The fourth-order valence-corrected chi connectivity index (χ4v) is 3.01. The smallest absolute Gasteiger partial charge is 0.306 e. The molecule has 148 valence electrons. The zero-order valence-electron chi connectivity index (χ0n) is 16.0. The average Bonchev–Trinajstić information content (AvgIpc) is 2.74. The Hall–Kier alpha value is -3.66. The number of fused-ring (bicyclic) bond motifs is 1. The first-order valence-electron chi connectivity index (χ1n) is 9.27. The fourth-order valence-electron chi connectivity index (χ4n) is 3.01. The van der Waals surface area contributed by atoms with Crippen molar-refractivity contribution in [2.24, 2.45) is 0 Å². The van der Waals surface area contributed by atoms with Crippen LogP contribution in [0.15, 0.2) is 42.5 Å². The quantitative estimate of drug-likeness (QED) is 0.531. The highest BCUT2D eigenvalue weighted by atomic mass is 16.5. The lowest BCUT2D eigenvalue weighted by atomic mass is 10.0. The van der Waals surface area contributed by atoms with Gasteiger partial charge in [-0.1, -0.05) is 12.1 Å². The van der Waals surface area contributed by atoms with Crippen LogP contribution in [0.1, 0.15) is 41.3 Å². The van der Waals surface area contributed by atoms with Crippen LogP contribution in [0.4, 0.5) is 5.69 Å². The van der Waals surface area contributed by atoms with E-state index in [-0.39, 0.29) is 37.7 Å².